The fourth-order valence-corrected chi connectivity index (χ4v) is 2.21. The van der Waals surface area contributed by atoms with E-state index in [2.05, 4.69) is 56.6 Å². The summed E-state index contributed by atoms with van der Waals surface area (Å²) in [5.41, 5.74) is 7.84. The molecule has 2 nitrogen and oxygen atoms in total. The molecule has 0 atom stereocenters. The standard InChI is InChI=1S/C18H23NO/c1-14(2)11-17-9-10-18(15(3)12-17)19-20-13-16-7-5-4-6-8-16/h4-10,12,14,19H,11,13H2,1-3H3. The van der Waals surface area contributed by atoms with Gasteiger partial charge in [0.05, 0.1) is 12.3 Å². The van der Waals surface area contributed by atoms with Crippen LogP contribution in [0.25, 0.3) is 0 Å². The van der Waals surface area contributed by atoms with Crippen LogP contribution in [0.4, 0.5) is 5.69 Å². The lowest BCUT2D eigenvalue weighted by atomic mass is 10.0. The highest BCUT2D eigenvalue weighted by molar-refractivity contribution is 5.50. The first-order valence-corrected chi connectivity index (χ1v) is 7.16. The van der Waals surface area contributed by atoms with Gasteiger partial charge in [-0.25, -0.2) is 0 Å². The Balaban J connectivity index is 1.90. The van der Waals surface area contributed by atoms with Gasteiger partial charge in [0, 0.05) is 0 Å². The lowest BCUT2D eigenvalue weighted by Crippen LogP contribution is -2.03. The Labute approximate surface area is 121 Å². The second-order valence-electron chi connectivity index (χ2n) is 5.62. The second-order valence-corrected chi connectivity index (χ2v) is 5.62. The number of aryl methyl sites for hydroxylation is 1. The van der Waals surface area contributed by atoms with Crippen LogP contribution in [0.15, 0.2) is 48.5 Å². The highest BCUT2D eigenvalue weighted by atomic mass is 16.6. The maximum atomic E-state index is 5.56. The van der Waals surface area contributed by atoms with Gasteiger partial charge in [-0.2, -0.15) is 0 Å². The Morgan fingerprint density at radius 1 is 1.00 bits per heavy atom. The van der Waals surface area contributed by atoms with Crippen LogP contribution in [0.2, 0.25) is 0 Å². The van der Waals surface area contributed by atoms with Crippen LogP contribution in [-0.2, 0) is 17.9 Å². The van der Waals surface area contributed by atoms with Crippen molar-refractivity contribution in [3.05, 3.63) is 65.2 Å². The zero-order valence-corrected chi connectivity index (χ0v) is 12.5. The average molecular weight is 269 g/mol. The summed E-state index contributed by atoms with van der Waals surface area (Å²) in [6.45, 7) is 7.15. The molecular weight excluding hydrogens is 246 g/mol. The van der Waals surface area contributed by atoms with E-state index in [0.717, 1.165) is 17.7 Å². The first-order valence-electron chi connectivity index (χ1n) is 7.16. The van der Waals surface area contributed by atoms with Crippen LogP contribution < -0.4 is 5.48 Å². The van der Waals surface area contributed by atoms with E-state index in [-0.39, 0.29) is 0 Å². The number of benzene rings is 2. The SMILES string of the molecule is Cc1cc(CC(C)C)ccc1NOCc1ccccc1. The molecule has 0 amide bonds. The molecule has 1 N–H and O–H groups in total. The molecule has 2 aromatic carbocycles. The molecule has 0 spiro atoms. The van der Waals surface area contributed by atoms with Crippen LogP contribution in [0, 0.1) is 12.8 Å². The van der Waals surface area contributed by atoms with Gasteiger partial charge < -0.3 is 0 Å². The third-order valence-corrected chi connectivity index (χ3v) is 3.20. The summed E-state index contributed by atoms with van der Waals surface area (Å²) in [6, 6.07) is 16.7. The zero-order chi connectivity index (χ0) is 14.4. The van der Waals surface area contributed by atoms with E-state index in [1.165, 1.54) is 11.1 Å². The molecule has 2 heteroatoms. The van der Waals surface area contributed by atoms with Gasteiger partial charge in [0.25, 0.3) is 0 Å². The second kappa shape index (κ2) is 7.11. The predicted octanol–water partition coefficient (Wildman–Crippen LogP) is 4.74. The van der Waals surface area contributed by atoms with Gasteiger partial charge in [-0.15, -0.1) is 0 Å². The minimum absolute atomic E-state index is 0.564. The van der Waals surface area contributed by atoms with Crippen molar-refractivity contribution in [3.8, 4) is 0 Å². The van der Waals surface area contributed by atoms with Crippen LogP contribution in [0.3, 0.4) is 0 Å². The van der Waals surface area contributed by atoms with E-state index >= 15 is 0 Å². The Kier molecular flexibility index (Phi) is 5.19. The molecule has 0 saturated carbocycles. The van der Waals surface area contributed by atoms with Crippen LogP contribution in [0.1, 0.15) is 30.5 Å². The number of rotatable bonds is 6. The maximum absolute atomic E-state index is 5.56. The van der Waals surface area contributed by atoms with Crippen LogP contribution in [0.5, 0.6) is 0 Å². The van der Waals surface area contributed by atoms with Gasteiger partial charge in [0.1, 0.15) is 0 Å². The molecule has 0 aromatic heterocycles. The third-order valence-electron chi connectivity index (χ3n) is 3.20. The van der Waals surface area contributed by atoms with E-state index in [1.54, 1.807) is 0 Å². The molecule has 0 heterocycles. The molecule has 0 aliphatic carbocycles. The Morgan fingerprint density at radius 2 is 1.75 bits per heavy atom. The van der Waals surface area contributed by atoms with Crippen molar-refractivity contribution in [1.29, 1.82) is 0 Å². The zero-order valence-electron chi connectivity index (χ0n) is 12.5. The van der Waals surface area contributed by atoms with E-state index in [0.29, 0.717) is 12.5 Å². The van der Waals surface area contributed by atoms with Crippen molar-refractivity contribution in [2.24, 2.45) is 5.92 Å². The van der Waals surface area contributed by atoms with Crippen LogP contribution in [-0.4, -0.2) is 0 Å². The lowest BCUT2D eigenvalue weighted by molar-refractivity contribution is 0.180. The highest BCUT2D eigenvalue weighted by Gasteiger charge is 2.02. The monoisotopic (exact) mass is 269 g/mol. The van der Waals surface area contributed by atoms with Gasteiger partial charge in [0.2, 0.25) is 0 Å². The summed E-state index contributed by atoms with van der Waals surface area (Å²) >= 11 is 0. The van der Waals surface area contributed by atoms with Gasteiger partial charge in [-0.3, -0.25) is 10.3 Å². The molecule has 20 heavy (non-hydrogen) atoms. The molecule has 0 aliphatic rings. The first kappa shape index (κ1) is 14.6. The van der Waals surface area contributed by atoms with Crippen molar-refractivity contribution < 1.29 is 4.84 Å². The van der Waals surface area contributed by atoms with Crippen molar-refractivity contribution in [3.63, 3.8) is 0 Å². The first-order chi connectivity index (χ1) is 9.65. The highest BCUT2D eigenvalue weighted by Crippen LogP contribution is 2.19. The molecule has 0 bridgehead atoms. The van der Waals surface area contributed by atoms with Crippen molar-refractivity contribution >= 4 is 5.69 Å². The molecular formula is C18H23NO. The maximum Gasteiger partial charge on any atom is 0.0996 e. The molecule has 106 valence electrons. The minimum atomic E-state index is 0.564. The normalized spacial score (nSPS) is 10.8. The molecule has 0 saturated heterocycles. The summed E-state index contributed by atoms with van der Waals surface area (Å²) in [7, 11) is 0. The summed E-state index contributed by atoms with van der Waals surface area (Å²) in [5, 5.41) is 0. The molecule has 0 fully saturated rings. The van der Waals surface area contributed by atoms with E-state index in [1.807, 2.05) is 18.2 Å². The topological polar surface area (TPSA) is 21.3 Å². The molecule has 0 aliphatic heterocycles. The Bertz CT molecular complexity index is 534. The smallest absolute Gasteiger partial charge is 0.0996 e. The van der Waals surface area contributed by atoms with Crippen molar-refractivity contribution in [2.75, 3.05) is 5.48 Å². The van der Waals surface area contributed by atoms with Crippen molar-refractivity contribution in [2.45, 2.75) is 33.8 Å². The van der Waals surface area contributed by atoms with Gasteiger partial charge in [-0.05, 0) is 42.0 Å². The van der Waals surface area contributed by atoms with Crippen LogP contribution >= 0.6 is 0 Å². The minimum Gasteiger partial charge on any atom is -0.271 e. The number of anilines is 1. The predicted molar refractivity (Wildman–Crippen MR) is 84.6 cm³/mol. The lowest BCUT2D eigenvalue weighted by Gasteiger charge is -2.12. The number of nitrogens with one attached hydrogen (secondary N) is 1. The molecule has 0 radical (unpaired) electrons. The average Bonchev–Trinajstić information content (AvgIpc) is 2.42. The number of hydrogen-bond acceptors (Lipinski definition) is 2. The van der Waals surface area contributed by atoms with E-state index < -0.39 is 0 Å². The van der Waals surface area contributed by atoms with E-state index in [9.17, 15) is 0 Å². The number of hydrogen-bond donors (Lipinski definition) is 1. The van der Waals surface area contributed by atoms with E-state index in [4.69, 9.17) is 4.84 Å². The third kappa shape index (κ3) is 4.39. The molecule has 2 rings (SSSR count). The largest absolute Gasteiger partial charge is 0.271 e. The van der Waals surface area contributed by atoms with Gasteiger partial charge >= 0.3 is 0 Å². The molecule has 2 aromatic rings. The van der Waals surface area contributed by atoms with Gasteiger partial charge in [0.15, 0.2) is 0 Å². The summed E-state index contributed by atoms with van der Waals surface area (Å²) in [6.07, 6.45) is 1.12. The molecule has 0 unspecified atom stereocenters. The summed E-state index contributed by atoms with van der Waals surface area (Å²) < 4.78 is 0. The summed E-state index contributed by atoms with van der Waals surface area (Å²) in [4.78, 5) is 5.56. The fourth-order valence-electron chi connectivity index (χ4n) is 2.21. The van der Waals surface area contributed by atoms with Gasteiger partial charge in [-0.1, -0.05) is 56.3 Å². The quantitative estimate of drug-likeness (QED) is 0.765. The summed E-state index contributed by atoms with van der Waals surface area (Å²) in [5.74, 6) is 0.683. The van der Waals surface area contributed by atoms with Crippen molar-refractivity contribution in [1.82, 2.24) is 0 Å². The Hall–Kier alpha value is -1.80. The Morgan fingerprint density at radius 3 is 2.40 bits per heavy atom. The fraction of sp³-hybridized carbons (Fsp3) is 0.333.